The first kappa shape index (κ1) is 18.2. The zero-order chi connectivity index (χ0) is 19.2. The minimum absolute atomic E-state index is 0.0273. The van der Waals surface area contributed by atoms with Crippen LogP contribution >= 0.6 is 0 Å². The predicted octanol–water partition coefficient (Wildman–Crippen LogP) is 3.25. The van der Waals surface area contributed by atoms with E-state index >= 15 is 0 Å². The van der Waals surface area contributed by atoms with Crippen molar-refractivity contribution in [3.63, 3.8) is 0 Å². The molecule has 7 heteroatoms. The van der Waals surface area contributed by atoms with Gasteiger partial charge in [0.1, 0.15) is 5.69 Å². The number of para-hydroxylation sites is 1. The van der Waals surface area contributed by atoms with E-state index in [0.717, 1.165) is 11.1 Å². The number of hydrogen-bond donors (Lipinski definition) is 3. The van der Waals surface area contributed by atoms with Crippen LogP contribution in [0.1, 0.15) is 28.5 Å². The van der Waals surface area contributed by atoms with E-state index in [4.69, 9.17) is 4.74 Å². The summed E-state index contributed by atoms with van der Waals surface area (Å²) in [6.07, 6.45) is 1.35. The molecule has 0 fully saturated rings. The highest BCUT2D eigenvalue weighted by atomic mass is 16.5. The van der Waals surface area contributed by atoms with Crippen molar-refractivity contribution >= 4 is 12.1 Å². The summed E-state index contributed by atoms with van der Waals surface area (Å²) in [4.78, 5) is 12.2. The third-order valence-electron chi connectivity index (χ3n) is 3.87. The molecule has 0 aliphatic carbocycles. The van der Waals surface area contributed by atoms with Crippen LogP contribution in [0.3, 0.4) is 0 Å². The summed E-state index contributed by atoms with van der Waals surface area (Å²) in [7, 11) is 0. The van der Waals surface area contributed by atoms with Gasteiger partial charge in [0, 0.05) is 11.1 Å². The number of hydrogen-bond acceptors (Lipinski definition) is 5. The van der Waals surface area contributed by atoms with Crippen LogP contribution in [0.5, 0.6) is 11.5 Å². The summed E-state index contributed by atoms with van der Waals surface area (Å²) in [5, 5.41) is 20.8. The number of benzene rings is 2. The van der Waals surface area contributed by atoms with Gasteiger partial charge in [0.25, 0.3) is 5.91 Å². The minimum atomic E-state index is -0.433. The van der Waals surface area contributed by atoms with E-state index < -0.39 is 5.91 Å². The van der Waals surface area contributed by atoms with Crippen molar-refractivity contribution < 1.29 is 14.6 Å². The molecule has 1 aromatic heterocycles. The topological polar surface area (TPSA) is 99.6 Å². The Morgan fingerprint density at radius 2 is 2.07 bits per heavy atom. The number of nitrogens with zero attached hydrogens (tertiary/aromatic N) is 2. The number of aromatic nitrogens is 2. The number of carbonyl (C=O) groups is 1. The van der Waals surface area contributed by atoms with Gasteiger partial charge in [-0.05, 0) is 32.0 Å². The molecule has 3 aromatic rings. The van der Waals surface area contributed by atoms with Gasteiger partial charge >= 0.3 is 0 Å². The lowest BCUT2D eigenvalue weighted by atomic mass is 10.1. The summed E-state index contributed by atoms with van der Waals surface area (Å²) < 4.78 is 5.31. The number of rotatable bonds is 6. The molecule has 138 valence electrons. The Labute approximate surface area is 156 Å². The fourth-order valence-corrected chi connectivity index (χ4v) is 2.45. The molecule has 0 saturated carbocycles. The molecule has 1 heterocycles. The number of ether oxygens (including phenoxy) is 1. The second-order valence-corrected chi connectivity index (χ2v) is 5.86. The van der Waals surface area contributed by atoms with Gasteiger partial charge in [0.2, 0.25) is 0 Å². The molecule has 0 saturated heterocycles. The number of phenols is 1. The van der Waals surface area contributed by atoms with Crippen LogP contribution in [0.15, 0.2) is 53.6 Å². The number of nitrogens with one attached hydrogen (secondary N) is 2. The van der Waals surface area contributed by atoms with Crippen LogP contribution < -0.4 is 10.2 Å². The molecule has 3 N–H and O–H groups in total. The zero-order valence-electron chi connectivity index (χ0n) is 15.1. The van der Waals surface area contributed by atoms with Crippen molar-refractivity contribution in [1.29, 1.82) is 0 Å². The molecule has 3 rings (SSSR count). The number of H-pyrrole nitrogens is 1. The van der Waals surface area contributed by atoms with Crippen LogP contribution in [-0.4, -0.2) is 34.0 Å². The van der Waals surface area contributed by atoms with Crippen LogP contribution in [0, 0.1) is 6.92 Å². The molecule has 0 aliphatic rings. The first-order valence-electron chi connectivity index (χ1n) is 8.49. The van der Waals surface area contributed by atoms with E-state index in [2.05, 4.69) is 20.7 Å². The third kappa shape index (κ3) is 4.33. The van der Waals surface area contributed by atoms with Crippen molar-refractivity contribution in [2.45, 2.75) is 13.8 Å². The fraction of sp³-hybridized carbons (Fsp3) is 0.150. The van der Waals surface area contributed by atoms with Crippen molar-refractivity contribution in [2.75, 3.05) is 6.61 Å². The summed E-state index contributed by atoms with van der Waals surface area (Å²) in [6.45, 7) is 4.27. The molecular formula is C20H20N4O3. The van der Waals surface area contributed by atoms with Gasteiger partial charge in [0.05, 0.1) is 18.5 Å². The number of phenolic OH excluding ortho intramolecular Hbond substituents is 1. The quantitative estimate of drug-likeness (QED) is 0.462. The third-order valence-corrected chi connectivity index (χ3v) is 3.87. The van der Waals surface area contributed by atoms with Gasteiger partial charge in [-0.1, -0.05) is 35.9 Å². The lowest BCUT2D eigenvalue weighted by Gasteiger charge is -2.07. The lowest BCUT2D eigenvalue weighted by molar-refractivity contribution is 0.0950. The van der Waals surface area contributed by atoms with Crippen molar-refractivity contribution in [1.82, 2.24) is 15.6 Å². The summed E-state index contributed by atoms with van der Waals surface area (Å²) in [6, 6.07) is 14.6. The maximum atomic E-state index is 12.2. The molecule has 0 bridgehead atoms. The summed E-state index contributed by atoms with van der Waals surface area (Å²) in [5.41, 5.74) is 5.87. The van der Waals surface area contributed by atoms with Gasteiger partial charge in [-0.2, -0.15) is 10.2 Å². The first-order valence-corrected chi connectivity index (χ1v) is 8.49. The fourth-order valence-electron chi connectivity index (χ4n) is 2.45. The highest BCUT2D eigenvalue weighted by Crippen LogP contribution is 2.28. The normalized spacial score (nSPS) is 10.9. The molecule has 0 atom stereocenters. The van der Waals surface area contributed by atoms with Gasteiger partial charge in [-0.3, -0.25) is 9.89 Å². The SMILES string of the molecule is CCOc1cccc(/C=N\NC(=O)c2cc(-c3ccc(C)cc3)n[nH]2)c1O. The molecule has 0 aliphatic heterocycles. The van der Waals surface area contributed by atoms with E-state index in [1.807, 2.05) is 38.1 Å². The number of aromatic amines is 1. The van der Waals surface area contributed by atoms with E-state index in [0.29, 0.717) is 23.6 Å². The van der Waals surface area contributed by atoms with Gasteiger partial charge in [0.15, 0.2) is 11.5 Å². The van der Waals surface area contributed by atoms with Gasteiger partial charge < -0.3 is 9.84 Å². The highest BCUT2D eigenvalue weighted by Gasteiger charge is 2.11. The van der Waals surface area contributed by atoms with Crippen LogP contribution in [0.25, 0.3) is 11.3 Å². The Bertz CT molecular complexity index is 962. The minimum Gasteiger partial charge on any atom is -0.504 e. The number of aryl methyl sites for hydroxylation is 1. The van der Waals surface area contributed by atoms with Gasteiger partial charge in [-0.15, -0.1) is 0 Å². The second kappa shape index (κ2) is 8.18. The Morgan fingerprint density at radius 3 is 2.81 bits per heavy atom. The Kier molecular flexibility index (Phi) is 5.51. The monoisotopic (exact) mass is 364 g/mol. The standard InChI is InChI=1S/C20H20N4O3/c1-3-27-18-6-4-5-15(19(18)25)12-21-24-20(26)17-11-16(22-23-17)14-9-7-13(2)8-10-14/h4-12,25H,3H2,1-2H3,(H,22,23)(H,24,26)/b21-12-. The second-order valence-electron chi connectivity index (χ2n) is 5.86. The summed E-state index contributed by atoms with van der Waals surface area (Å²) in [5.74, 6) is -0.0952. The maximum absolute atomic E-state index is 12.2. The average Bonchev–Trinajstić information content (AvgIpc) is 3.15. The zero-order valence-corrected chi connectivity index (χ0v) is 15.1. The van der Waals surface area contributed by atoms with Crippen LogP contribution in [-0.2, 0) is 0 Å². The molecule has 0 unspecified atom stereocenters. The van der Waals surface area contributed by atoms with Crippen LogP contribution in [0.4, 0.5) is 0 Å². The largest absolute Gasteiger partial charge is 0.504 e. The summed E-state index contributed by atoms with van der Waals surface area (Å²) >= 11 is 0. The average molecular weight is 364 g/mol. The Hall–Kier alpha value is -3.61. The smallest absolute Gasteiger partial charge is 0.289 e. The van der Waals surface area contributed by atoms with Crippen LogP contribution in [0.2, 0.25) is 0 Å². The molecule has 1 amide bonds. The predicted molar refractivity (Wildman–Crippen MR) is 103 cm³/mol. The molecule has 2 aromatic carbocycles. The van der Waals surface area contributed by atoms with Gasteiger partial charge in [-0.25, -0.2) is 5.43 Å². The molecule has 27 heavy (non-hydrogen) atoms. The maximum Gasteiger partial charge on any atom is 0.289 e. The molecule has 0 spiro atoms. The Morgan fingerprint density at radius 1 is 1.30 bits per heavy atom. The molecular weight excluding hydrogens is 344 g/mol. The van der Waals surface area contributed by atoms with Crippen molar-refractivity contribution in [2.24, 2.45) is 5.10 Å². The van der Waals surface area contributed by atoms with Crippen molar-refractivity contribution in [3.05, 3.63) is 65.4 Å². The molecule has 0 radical (unpaired) electrons. The lowest BCUT2D eigenvalue weighted by Crippen LogP contribution is -2.18. The Balaban J connectivity index is 1.67. The van der Waals surface area contributed by atoms with E-state index in [1.54, 1.807) is 24.3 Å². The number of carbonyl (C=O) groups excluding carboxylic acids is 1. The molecule has 7 nitrogen and oxygen atoms in total. The number of amides is 1. The van der Waals surface area contributed by atoms with E-state index in [1.165, 1.54) is 6.21 Å². The number of hydrazone groups is 1. The van der Waals surface area contributed by atoms with Crippen molar-refractivity contribution in [3.8, 4) is 22.8 Å². The first-order chi connectivity index (χ1) is 13.1. The van der Waals surface area contributed by atoms with E-state index in [9.17, 15) is 9.90 Å². The van der Waals surface area contributed by atoms with E-state index in [-0.39, 0.29) is 11.4 Å². The highest BCUT2D eigenvalue weighted by molar-refractivity contribution is 5.94. The number of aromatic hydroxyl groups is 1.